The number of hydrogen-bond donors (Lipinski definition) is 1. The van der Waals surface area contributed by atoms with Crippen molar-refractivity contribution >= 4 is 21.4 Å². The third-order valence-electron chi connectivity index (χ3n) is 2.78. The number of halogens is 1. The molecule has 0 saturated carbocycles. The Morgan fingerprint density at radius 3 is 2.35 bits per heavy atom. The number of sulfone groups is 1. The third kappa shape index (κ3) is 4.30. The lowest BCUT2D eigenvalue weighted by Crippen LogP contribution is -2.09. The van der Waals surface area contributed by atoms with Crippen LogP contribution in [-0.2, 0) is 27.9 Å². The molecule has 20 heavy (non-hydrogen) atoms. The van der Waals surface area contributed by atoms with Gasteiger partial charge in [-0.2, -0.15) is 0 Å². The minimum absolute atomic E-state index is 0.00947. The van der Waals surface area contributed by atoms with Crippen molar-refractivity contribution in [1.82, 2.24) is 4.98 Å². The molecule has 2 rings (SSSR count). The quantitative estimate of drug-likeness (QED) is 0.919. The monoisotopic (exact) mass is 310 g/mol. The van der Waals surface area contributed by atoms with Crippen LogP contribution in [0.3, 0.4) is 0 Å². The van der Waals surface area contributed by atoms with Gasteiger partial charge >= 0.3 is 0 Å². The molecule has 0 spiro atoms. The zero-order valence-corrected chi connectivity index (χ0v) is 12.4. The first-order chi connectivity index (χ1) is 9.48. The zero-order chi connectivity index (χ0) is 14.6. The van der Waals surface area contributed by atoms with Crippen LogP contribution >= 0.6 is 11.6 Å². The Balaban J connectivity index is 2.12. The van der Waals surface area contributed by atoms with Crippen molar-refractivity contribution < 1.29 is 8.42 Å². The van der Waals surface area contributed by atoms with Gasteiger partial charge in [-0.3, -0.25) is 4.98 Å². The minimum atomic E-state index is -3.24. The van der Waals surface area contributed by atoms with Crippen LogP contribution in [0.2, 0.25) is 5.02 Å². The van der Waals surface area contributed by atoms with E-state index in [4.69, 9.17) is 17.3 Å². The SMILES string of the molecule is NCc1cc(CS(=O)(=O)Cc2ccc(Cl)cc2)ccn1. The van der Waals surface area contributed by atoms with Gasteiger partial charge in [0.05, 0.1) is 17.2 Å². The second kappa shape index (κ2) is 6.35. The third-order valence-corrected chi connectivity index (χ3v) is 4.57. The van der Waals surface area contributed by atoms with Gasteiger partial charge in [0, 0.05) is 17.8 Å². The lowest BCUT2D eigenvalue weighted by molar-refractivity contribution is 0.594. The highest BCUT2D eigenvalue weighted by atomic mass is 35.5. The predicted octanol–water partition coefficient (Wildman–Crippen LogP) is 2.31. The smallest absolute Gasteiger partial charge is 0.158 e. The molecule has 106 valence electrons. The van der Waals surface area contributed by atoms with Gasteiger partial charge < -0.3 is 5.73 Å². The standard InChI is InChI=1S/C14H15ClN2O2S/c15-13-3-1-11(2-4-13)9-20(18,19)10-12-5-6-17-14(7-12)8-16/h1-7H,8-10,16H2. The molecule has 0 amide bonds. The maximum absolute atomic E-state index is 12.2. The van der Waals surface area contributed by atoms with E-state index in [0.717, 1.165) is 5.56 Å². The average Bonchev–Trinajstić information content (AvgIpc) is 2.41. The summed E-state index contributed by atoms with van der Waals surface area (Å²) in [5.74, 6) is -0.0321. The summed E-state index contributed by atoms with van der Waals surface area (Å²) < 4.78 is 24.3. The first-order valence-corrected chi connectivity index (χ1v) is 8.27. The van der Waals surface area contributed by atoms with Gasteiger partial charge in [-0.25, -0.2) is 8.42 Å². The fourth-order valence-electron chi connectivity index (χ4n) is 1.87. The van der Waals surface area contributed by atoms with Crippen LogP contribution in [0.1, 0.15) is 16.8 Å². The second-order valence-corrected chi connectivity index (χ2v) is 7.02. The van der Waals surface area contributed by atoms with Crippen molar-refractivity contribution in [2.45, 2.75) is 18.1 Å². The number of benzene rings is 1. The summed E-state index contributed by atoms with van der Waals surface area (Å²) in [6.07, 6.45) is 1.58. The Kier molecular flexibility index (Phi) is 4.75. The van der Waals surface area contributed by atoms with Crippen LogP contribution in [0.25, 0.3) is 0 Å². The highest BCUT2D eigenvalue weighted by Gasteiger charge is 2.13. The summed E-state index contributed by atoms with van der Waals surface area (Å²) >= 11 is 5.78. The molecule has 0 bridgehead atoms. The maximum Gasteiger partial charge on any atom is 0.158 e. The Hall–Kier alpha value is -1.43. The summed E-state index contributed by atoms with van der Waals surface area (Å²) in [5, 5.41) is 0.591. The molecular formula is C14H15ClN2O2S. The molecule has 0 saturated heterocycles. The largest absolute Gasteiger partial charge is 0.325 e. The van der Waals surface area contributed by atoms with Crippen LogP contribution in [0.15, 0.2) is 42.6 Å². The number of aromatic nitrogens is 1. The number of rotatable bonds is 5. The molecule has 0 unspecified atom stereocenters. The summed E-state index contributed by atoms with van der Waals surface area (Å²) in [6, 6.07) is 10.2. The molecule has 4 nitrogen and oxygen atoms in total. The Bertz CT molecular complexity index is 685. The normalized spacial score (nSPS) is 11.5. The van der Waals surface area contributed by atoms with Gasteiger partial charge in [0.15, 0.2) is 9.84 Å². The number of hydrogen-bond acceptors (Lipinski definition) is 4. The van der Waals surface area contributed by atoms with E-state index >= 15 is 0 Å². The van der Waals surface area contributed by atoms with E-state index in [1.54, 1.807) is 42.6 Å². The molecule has 2 aromatic rings. The fourth-order valence-corrected chi connectivity index (χ4v) is 3.48. The first kappa shape index (κ1) is 15.0. The molecule has 2 N–H and O–H groups in total. The van der Waals surface area contributed by atoms with E-state index in [0.29, 0.717) is 22.8 Å². The van der Waals surface area contributed by atoms with Crippen LogP contribution in [0.5, 0.6) is 0 Å². The van der Waals surface area contributed by atoms with Gasteiger partial charge in [-0.15, -0.1) is 0 Å². The van der Waals surface area contributed by atoms with Crippen LogP contribution in [-0.4, -0.2) is 13.4 Å². The molecule has 1 heterocycles. The van der Waals surface area contributed by atoms with Gasteiger partial charge in [0.25, 0.3) is 0 Å². The van der Waals surface area contributed by atoms with Crippen molar-refractivity contribution in [3.8, 4) is 0 Å². The molecule has 0 atom stereocenters. The van der Waals surface area contributed by atoms with Crippen LogP contribution in [0.4, 0.5) is 0 Å². The molecule has 0 aliphatic rings. The van der Waals surface area contributed by atoms with E-state index in [1.165, 1.54) is 0 Å². The zero-order valence-electron chi connectivity index (χ0n) is 10.8. The maximum atomic E-state index is 12.2. The summed E-state index contributed by atoms with van der Waals surface area (Å²) in [5.41, 5.74) is 7.61. The second-order valence-electron chi connectivity index (χ2n) is 4.52. The number of nitrogens with two attached hydrogens (primary N) is 1. The molecule has 6 heteroatoms. The van der Waals surface area contributed by atoms with E-state index in [2.05, 4.69) is 4.98 Å². The molecule has 1 aromatic carbocycles. The summed E-state index contributed by atoms with van der Waals surface area (Å²) in [7, 11) is -3.24. The first-order valence-electron chi connectivity index (χ1n) is 6.07. The molecule has 0 aliphatic carbocycles. The molecular weight excluding hydrogens is 296 g/mol. The Morgan fingerprint density at radius 1 is 1.05 bits per heavy atom. The minimum Gasteiger partial charge on any atom is -0.325 e. The van der Waals surface area contributed by atoms with Gasteiger partial charge in [0.1, 0.15) is 0 Å². The fraction of sp³-hybridized carbons (Fsp3) is 0.214. The Morgan fingerprint density at radius 2 is 1.70 bits per heavy atom. The van der Waals surface area contributed by atoms with Crippen molar-refractivity contribution in [3.63, 3.8) is 0 Å². The lowest BCUT2D eigenvalue weighted by atomic mass is 10.2. The van der Waals surface area contributed by atoms with Crippen molar-refractivity contribution in [3.05, 3.63) is 64.4 Å². The van der Waals surface area contributed by atoms with E-state index < -0.39 is 9.84 Å². The van der Waals surface area contributed by atoms with Gasteiger partial charge in [-0.05, 0) is 35.4 Å². The number of nitrogens with zero attached hydrogens (tertiary/aromatic N) is 1. The number of pyridine rings is 1. The van der Waals surface area contributed by atoms with Crippen molar-refractivity contribution in [2.75, 3.05) is 0 Å². The summed E-state index contributed by atoms with van der Waals surface area (Å²) in [6.45, 7) is 0.297. The highest BCUT2D eigenvalue weighted by Crippen LogP contribution is 2.15. The molecule has 0 radical (unpaired) electrons. The molecule has 0 aliphatic heterocycles. The highest BCUT2D eigenvalue weighted by molar-refractivity contribution is 7.89. The van der Waals surface area contributed by atoms with Gasteiger partial charge in [-0.1, -0.05) is 23.7 Å². The van der Waals surface area contributed by atoms with Crippen LogP contribution in [0, 0.1) is 0 Å². The van der Waals surface area contributed by atoms with E-state index in [9.17, 15) is 8.42 Å². The topological polar surface area (TPSA) is 73.1 Å². The van der Waals surface area contributed by atoms with Crippen LogP contribution < -0.4 is 5.73 Å². The van der Waals surface area contributed by atoms with E-state index in [1.807, 2.05) is 0 Å². The molecule has 0 fully saturated rings. The predicted molar refractivity (Wildman–Crippen MR) is 79.9 cm³/mol. The van der Waals surface area contributed by atoms with E-state index in [-0.39, 0.29) is 11.5 Å². The van der Waals surface area contributed by atoms with Crippen molar-refractivity contribution in [2.24, 2.45) is 5.73 Å². The lowest BCUT2D eigenvalue weighted by Gasteiger charge is -2.06. The average molecular weight is 311 g/mol. The summed E-state index contributed by atoms with van der Waals surface area (Å²) in [4.78, 5) is 4.05. The Labute approximate surface area is 123 Å². The van der Waals surface area contributed by atoms with Crippen molar-refractivity contribution in [1.29, 1.82) is 0 Å². The van der Waals surface area contributed by atoms with Gasteiger partial charge in [0.2, 0.25) is 0 Å². The molecule has 1 aromatic heterocycles.